The van der Waals surface area contributed by atoms with Crippen LogP contribution < -0.4 is 10.6 Å². The first kappa shape index (κ1) is 15.0. The average Bonchev–Trinajstić information content (AvgIpc) is 2.73. The lowest BCUT2D eigenvalue weighted by Crippen LogP contribution is -2.46. The second kappa shape index (κ2) is 6.21. The van der Waals surface area contributed by atoms with Crippen molar-refractivity contribution in [1.29, 1.82) is 0 Å². The third kappa shape index (κ3) is 4.27. The molecule has 0 radical (unpaired) electrons. The quantitative estimate of drug-likeness (QED) is 0.757. The molecule has 7 nitrogen and oxygen atoms in total. The number of anilines is 1. The van der Waals surface area contributed by atoms with Gasteiger partial charge in [0.25, 0.3) is 0 Å². The first-order valence-electron chi connectivity index (χ1n) is 6.15. The number of nitrogens with one attached hydrogen (secondary N) is 2. The van der Waals surface area contributed by atoms with Crippen LogP contribution in [-0.2, 0) is 4.79 Å². The molecule has 7 heteroatoms. The SMILES string of the molecule is CC(C)[C@H](NC(=O)Nc1cnn(C(C)C)c1)C(=O)O. The Morgan fingerprint density at radius 1 is 1.32 bits per heavy atom. The van der Waals surface area contributed by atoms with E-state index in [-0.39, 0.29) is 12.0 Å². The number of hydrogen-bond donors (Lipinski definition) is 3. The number of amides is 2. The standard InChI is InChI=1S/C12H20N4O3/c1-7(2)10(11(17)18)15-12(19)14-9-5-13-16(6-9)8(3)4/h5-8,10H,1-4H3,(H,17,18)(H2,14,15,19)/t10-/m0/s1. The van der Waals surface area contributed by atoms with Gasteiger partial charge in [-0.15, -0.1) is 0 Å². The number of carbonyl (C=O) groups excluding carboxylic acids is 1. The summed E-state index contributed by atoms with van der Waals surface area (Å²) in [4.78, 5) is 22.7. The molecule has 2 amide bonds. The van der Waals surface area contributed by atoms with Gasteiger partial charge in [-0.1, -0.05) is 13.8 Å². The summed E-state index contributed by atoms with van der Waals surface area (Å²) in [5, 5.41) is 18.0. The average molecular weight is 268 g/mol. The highest BCUT2D eigenvalue weighted by Gasteiger charge is 2.23. The van der Waals surface area contributed by atoms with Crippen LogP contribution in [0.2, 0.25) is 0 Å². The zero-order valence-corrected chi connectivity index (χ0v) is 11.5. The Bertz CT molecular complexity index is 454. The number of nitrogens with zero attached hydrogens (tertiary/aromatic N) is 2. The Morgan fingerprint density at radius 2 is 1.95 bits per heavy atom. The fourth-order valence-corrected chi connectivity index (χ4v) is 1.51. The number of carbonyl (C=O) groups is 2. The monoisotopic (exact) mass is 268 g/mol. The molecule has 0 unspecified atom stereocenters. The van der Waals surface area contributed by atoms with Crippen molar-refractivity contribution in [3.05, 3.63) is 12.4 Å². The van der Waals surface area contributed by atoms with Gasteiger partial charge in [-0.2, -0.15) is 5.10 Å². The molecule has 1 aromatic rings. The Kier molecular flexibility index (Phi) is 4.91. The van der Waals surface area contributed by atoms with E-state index >= 15 is 0 Å². The number of aliphatic carboxylic acids is 1. The maximum Gasteiger partial charge on any atom is 0.326 e. The summed E-state index contributed by atoms with van der Waals surface area (Å²) in [5.74, 6) is -1.25. The zero-order valence-electron chi connectivity index (χ0n) is 11.5. The lowest BCUT2D eigenvalue weighted by molar-refractivity contribution is -0.140. The summed E-state index contributed by atoms with van der Waals surface area (Å²) in [6.07, 6.45) is 3.21. The van der Waals surface area contributed by atoms with Gasteiger partial charge in [-0.25, -0.2) is 9.59 Å². The molecule has 0 spiro atoms. The van der Waals surface area contributed by atoms with Crippen LogP contribution in [0.1, 0.15) is 33.7 Å². The van der Waals surface area contributed by atoms with E-state index in [9.17, 15) is 9.59 Å². The van der Waals surface area contributed by atoms with Crippen LogP contribution in [0.4, 0.5) is 10.5 Å². The molecule has 0 bridgehead atoms. The largest absolute Gasteiger partial charge is 0.480 e. The van der Waals surface area contributed by atoms with Crippen molar-refractivity contribution < 1.29 is 14.7 Å². The highest BCUT2D eigenvalue weighted by atomic mass is 16.4. The molecule has 0 aliphatic carbocycles. The smallest absolute Gasteiger partial charge is 0.326 e. The van der Waals surface area contributed by atoms with Crippen molar-refractivity contribution in [1.82, 2.24) is 15.1 Å². The van der Waals surface area contributed by atoms with E-state index in [0.717, 1.165) is 0 Å². The van der Waals surface area contributed by atoms with Crippen molar-refractivity contribution in [2.24, 2.45) is 5.92 Å². The van der Waals surface area contributed by atoms with Gasteiger partial charge in [0, 0.05) is 12.2 Å². The van der Waals surface area contributed by atoms with Crippen LogP contribution in [0.25, 0.3) is 0 Å². The van der Waals surface area contributed by atoms with E-state index in [1.807, 2.05) is 13.8 Å². The van der Waals surface area contributed by atoms with E-state index in [1.54, 1.807) is 24.7 Å². The van der Waals surface area contributed by atoms with Gasteiger partial charge in [0.05, 0.1) is 11.9 Å². The number of urea groups is 1. The van der Waals surface area contributed by atoms with Gasteiger partial charge in [0.15, 0.2) is 0 Å². The Balaban J connectivity index is 2.61. The fourth-order valence-electron chi connectivity index (χ4n) is 1.51. The third-order valence-corrected chi connectivity index (χ3v) is 2.61. The Labute approximate surface area is 112 Å². The maximum absolute atomic E-state index is 11.7. The maximum atomic E-state index is 11.7. The second-order valence-corrected chi connectivity index (χ2v) is 4.96. The van der Waals surface area contributed by atoms with Crippen LogP contribution in [0.3, 0.4) is 0 Å². The normalized spacial score (nSPS) is 12.5. The summed E-state index contributed by atoms with van der Waals surface area (Å²) < 4.78 is 1.70. The van der Waals surface area contributed by atoms with Crippen molar-refractivity contribution in [3.8, 4) is 0 Å². The molecule has 0 saturated heterocycles. The molecule has 0 fully saturated rings. The number of hydrogen-bond acceptors (Lipinski definition) is 3. The van der Waals surface area contributed by atoms with Crippen LogP contribution in [0.15, 0.2) is 12.4 Å². The van der Waals surface area contributed by atoms with Crippen LogP contribution >= 0.6 is 0 Å². The Morgan fingerprint density at radius 3 is 2.37 bits per heavy atom. The molecule has 0 aromatic carbocycles. The molecule has 1 heterocycles. The molecule has 3 N–H and O–H groups in total. The summed E-state index contributed by atoms with van der Waals surface area (Å²) in [7, 11) is 0. The van der Waals surface area contributed by atoms with E-state index in [2.05, 4.69) is 15.7 Å². The van der Waals surface area contributed by atoms with E-state index in [0.29, 0.717) is 5.69 Å². The van der Waals surface area contributed by atoms with Crippen LogP contribution in [0, 0.1) is 5.92 Å². The molecule has 0 saturated carbocycles. The first-order valence-corrected chi connectivity index (χ1v) is 6.15. The van der Waals surface area contributed by atoms with Crippen molar-refractivity contribution >= 4 is 17.7 Å². The predicted octanol–water partition coefficient (Wildman–Crippen LogP) is 1.69. The molecular formula is C12H20N4O3. The number of rotatable bonds is 5. The van der Waals surface area contributed by atoms with Crippen molar-refractivity contribution in [2.75, 3.05) is 5.32 Å². The highest BCUT2D eigenvalue weighted by Crippen LogP contribution is 2.10. The third-order valence-electron chi connectivity index (χ3n) is 2.61. The van der Waals surface area contributed by atoms with Gasteiger partial charge in [-0.3, -0.25) is 4.68 Å². The van der Waals surface area contributed by atoms with Gasteiger partial charge < -0.3 is 15.7 Å². The minimum absolute atomic E-state index is 0.193. The van der Waals surface area contributed by atoms with Crippen LogP contribution in [0.5, 0.6) is 0 Å². The van der Waals surface area contributed by atoms with Crippen molar-refractivity contribution in [2.45, 2.75) is 39.8 Å². The molecule has 1 rings (SSSR count). The summed E-state index contributed by atoms with van der Waals surface area (Å²) >= 11 is 0. The summed E-state index contributed by atoms with van der Waals surface area (Å²) in [6, 6.07) is -1.27. The number of carboxylic acids is 1. The highest BCUT2D eigenvalue weighted by molar-refractivity contribution is 5.92. The van der Waals surface area contributed by atoms with E-state index in [1.165, 1.54) is 6.20 Å². The Hall–Kier alpha value is -2.05. The van der Waals surface area contributed by atoms with Crippen molar-refractivity contribution in [3.63, 3.8) is 0 Å². The topological polar surface area (TPSA) is 96.3 Å². The number of aromatic nitrogens is 2. The lowest BCUT2D eigenvalue weighted by Gasteiger charge is -2.17. The van der Waals surface area contributed by atoms with Gasteiger partial charge in [0.2, 0.25) is 0 Å². The zero-order chi connectivity index (χ0) is 14.6. The molecular weight excluding hydrogens is 248 g/mol. The van der Waals surface area contributed by atoms with E-state index in [4.69, 9.17) is 5.11 Å². The molecule has 19 heavy (non-hydrogen) atoms. The fraction of sp³-hybridized carbons (Fsp3) is 0.583. The molecule has 106 valence electrons. The molecule has 0 aliphatic rings. The molecule has 0 aliphatic heterocycles. The number of carboxylic acid groups (broad SMARTS) is 1. The summed E-state index contributed by atoms with van der Waals surface area (Å²) in [6.45, 7) is 7.40. The minimum atomic E-state index is -1.05. The summed E-state index contributed by atoms with van der Waals surface area (Å²) in [5.41, 5.74) is 0.527. The molecule has 1 aromatic heterocycles. The second-order valence-electron chi connectivity index (χ2n) is 4.96. The molecule has 1 atom stereocenters. The van der Waals surface area contributed by atoms with Crippen LogP contribution in [-0.4, -0.2) is 32.9 Å². The van der Waals surface area contributed by atoms with E-state index < -0.39 is 18.0 Å². The lowest BCUT2D eigenvalue weighted by atomic mass is 10.1. The minimum Gasteiger partial charge on any atom is -0.480 e. The first-order chi connectivity index (χ1) is 8.81. The van der Waals surface area contributed by atoms with Gasteiger partial charge >= 0.3 is 12.0 Å². The van der Waals surface area contributed by atoms with Gasteiger partial charge in [0.1, 0.15) is 6.04 Å². The van der Waals surface area contributed by atoms with Gasteiger partial charge in [-0.05, 0) is 19.8 Å². The predicted molar refractivity (Wildman–Crippen MR) is 71.0 cm³/mol.